The molecule has 1 aliphatic rings. The Morgan fingerprint density at radius 1 is 1.12 bits per heavy atom. The van der Waals surface area contributed by atoms with E-state index in [0.717, 1.165) is 31.0 Å². The van der Waals surface area contributed by atoms with E-state index in [1.54, 1.807) is 4.90 Å². The molecule has 17 heavy (non-hydrogen) atoms. The molecule has 0 spiro atoms. The molecular formula is C11H11F4NO. The van der Waals surface area contributed by atoms with Gasteiger partial charge in [0.2, 0.25) is 0 Å². The van der Waals surface area contributed by atoms with Crippen LogP contribution in [0.4, 0.5) is 23.2 Å². The molecule has 1 aromatic carbocycles. The summed E-state index contributed by atoms with van der Waals surface area (Å²) >= 11 is 0. The highest BCUT2D eigenvalue weighted by molar-refractivity contribution is 5.59. The Labute approximate surface area is 95.8 Å². The molecule has 94 valence electrons. The second-order valence-electron chi connectivity index (χ2n) is 3.85. The third-order valence-electron chi connectivity index (χ3n) is 2.59. The average molecular weight is 249 g/mol. The van der Waals surface area contributed by atoms with Crippen LogP contribution in [0.3, 0.4) is 0 Å². The fourth-order valence-corrected chi connectivity index (χ4v) is 1.91. The highest BCUT2D eigenvalue weighted by Gasteiger charge is 2.33. The van der Waals surface area contributed by atoms with Crippen LogP contribution < -0.4 is 9.64 Å². The zero-order valence-corrected chi connectivity index (χ0v) is 8.93. The summed E-state index contributed by atoms with van der Waals surface area (Å²) in [4.78, 5) is 1.70. The van der Waals surface area contributed by atoms with Gasteiger partial charge in [0.25, 0.3) is 0 Å². The first kappa shape index (κ1) is 12.0. The summed E-state index contributed by atoms with van der Waals surface area (Å²) in [6.07, 6.45) is -2.98. The quantitative estimate of drug-likeness (QED) is 0.745. The van der Waals surface area contributed by atoms with Gasteiger partial charge in [-0.2, -0.15) is 0 Å². The van der Waals surface area contributed by atoms with Gasteiger partial charge in [-0.05, 0) is 25.0 Å². The number of hydrogen-bond donors (Lipinski definition) is 0. The van der Waals surface area contributed by atoms with Crippen LogP contribution in [0.5, 0.6) is 5.75 Å². The van der Waals surface area contributed by atoms with Crippen LogP contribution in [-0.4, -0.2) is 19.5 Å². The van der Waals surface area contributed by atoms with Gasteiger partial charge in [0, 0.05) is 19.2 Å². The van der Waals surface area contributed by atoms with Crippen molar-refractivity contribution >= 4 is 5.69 Å². The summed E-state index contributed by atoms with van der Waals surface area (Å²) in [7, 11) is 0. The molecule has 1 fully saturated rings. The molecule has 1 heterocycles. The lowest BCUT2D eigenvalue weighted by Crippen LogP contribution is -2.22. The number of rotatable bonds is 2. The smallest absolute Gasteiger partial charge is 0.404 e. The molecule has 2 rings (SSSR count). The van der Waals surface area contributed by atoms with Gasteiger partial charge in [-0.1, -0.05) is 0 Å². The monoisotopic (exact) mass is 249 g/mol. The number of anilines is 1. The molecule has 0 atom stereocenters. The van der Waals surface area contributed by atoms with Crippen LogP contribution in [0.25, 0.3) is 0 Å². The van der Waals surface area contributed by atoms with Crippen molar-refractivity contribution in [2.24, 2.45) is 0 Å². The minimum atomic E-state index is -4.76. The molecule has 0 bridgehead atoms. The molecule has 1 saturated heterocycles. The van der Waals surface area contributed by atoms with E-state index < -0.39 is 12.2 Å². The first-order valence-corrected chi connectivity index (χ1v) is 5.26. The Morgan fingerprint density at radius 3 is 2.35 bits per heavy atom. The highest BCUT2D eigenvalue weighted by Crippen LogP contribution is 2.35. The fraction of sp³-hybridized carbons (Fsp3) is 0.455. The van der Waals surface area contributed by atoms with Gasteiger partial charge < -0.3 is 9.64 Å². The molecule has 0 unspecified atom stereocenters. The Hall–Kier alpha value is -1.46. The first-order chi connectivity index (χ1) is 7.96. The number of nitrogens with zero attached hydrogens (tertiary/aromatic N) is 1. The third-order valence-corrected chi connectivity index (χ3v) is 2.59. The lowest BCUT2D eigenvalue weighted by Gasteiger charge is -2.21. The SMILES string of the molecule is Fc1ccc(OC(F)(F)F)c(N2CCCC2)c1. The van der Waals surface area contributed by atoms with E-state index in [1.165, 1.54) is 0 Å². The van der Waals surface area contributed by atoms with Crippen molar-refractivity contribution in [2.75, 3.05) is 18.0 Å². The zero-order valence-electron chi connectivity index (χ0n) is 8.93. The molecule has 1 aliphatic heterocycles. The predicted molar refractivity (Wildman–Crippen MR) is 54.5 cm³/mol. The molecule has 0 aromatic heterocycles. The van der Waals surface area contributed by atoms with E-state index in [4.69, 9.17) is 0 Å². The molecule has 0 saturated carbocycles. The van der Waals surface area contributed by atoms with Crippen molar-refractivity contribution in [2.45, 2.75) is 19.2 Å². The summed E-state index contributed by atoms with van der Waals surface area (Å²) < 4.78 is 53.5. The van der Waals surface area contributed by atoms with Crippen molar-refractivity contribution < 1.29 is 22.3 Å². The Morgan fingerprint density at radius 2 is 1.76 bits per heavy atom. The van der Waals surface area contributed by atoms with Gasteiger partial charge in [0.15, 0.2) is 5.75 Å². The summed E-state index contributed by atoms with van der Waals surface area (Å²) in [6, 6.07) is 3.05. The minimum absolute atomic E-state index is 0.167. The van der Waals surface area contributed by atoms with E-state index in [9.17, 15) is 17.6 Å². The normalized spacial score (nSPS) is 16.4. The van der Waals surface area contributed by atoms with Gasteiger partial charge in [0.1, 0.15) is 5.82 Å². The van der Waals surface area contributed by atoms with E-state index in [0.29, 0.717) is 13.1 Å². The number of alkyl halides is 3. The Bertz CT molecular complexity index is 399. The maximum atomic E-state index is 13.1. The fourth-order valence-electron chi connectivity index (χ4n) is 1.91. The van der Waals surface area contributed by atoms with Gasteiger partial charge in [-0.25, -0.2) is 4.39 Å². The lowest BCUT2D eigenvalue weighted by atomic mass is 10.2. The van der Waals surface area contributed by atoms with E-state index in [1.807, 2.05) is 0 Å². The van der Waals surface area contributed by atoms with E-state index in [2.05, 4.69) is 4.74 Å². The van der Waals surface area contributed by atoms with Crippen LogP contribution in [0.2, 0.25) is 0 Å². The Balaban J connectivity index is 2.30. The van der Waals surface area contributed by atoms with Crippen molar-refractivity contribution in [3.8, 4) is 5.75 Å². The summed E-state index contributed by atoms with van der Waals surface area (Å²) in [5, 5.41) is 0. The van der Waals surface area contributed by atoms with Crippen LogP contribution in [-0.2, 0) is 0 Å². The lowest BCUT2D eigenvalue weighted by molar-refractivity contribution is -0.274. The molecule has 0 radical (unpaired) electrons. The predicted octanol–water partition coefficient (Wildman–Crippen LogP) is 3.32. The molecule has 0 amide bonds. The van der Waals surface area contributed by atoms with Gasteiger partial charge in [0.05, 0.1) is 5.69 Å². The number of hydrogen-bond acceptors (Lipinski definition) is 2. The highest BCUT2D eigenvalue weighted by atomic mass is 19.4. The van der Waals surface area contributed by atoms with E-state index >= 15 is 0 Å². The molecular weight excluding hydrogens is 238 g/mol. The van der Waals surface area contributed by atoms with Crippen LogP contribution in [0, 0.1) is 5.82 Å². The van der Waals surface area contributed by atoms with Crippen molar-refractivity contribution in [1.29, 1.82) is 0 Å². The van der Waals surface area contributed by atoms with Gasteiger partial charge in [-0.3, -0.25) is 0 Å². The zero-order chi connectivity index (χ0) is 12.5. The van der Waals surface area contributed by atoms with Gasteiger partial charge in [-0.15, -0.1) is 13.2 Å². The molecule has 0 aliphatic carbocycles. The van der Waals surface area contributed by atoms with Crippen LogP contribution in [0.15, 0.2) is 18.2 Å². The van der Waals surface area contributed by atoms with Crippen LogP contribution in [0.1, 0.15) is 12.8 Å². The molecule has 0 N–H and O–H groups in total. The largest absolute Gasteiger partial charge is 0.573 e. The average Bonchev–Trinajstić information content (AvgIpc) is 2.71. The maximum Gasteiger partial charge on any atom is 0.573 e. The molecule has 6 heteroatoms. The number of benzene rings is 1. The first-order valence-electron chi connectivity index (χ1n) is 5.26. The number of ether oxygens (including phenoxy) is 1. The third kappa shape index (κ3) is 3.01. The number of halogens is 4. The Kier molecular flexibility index (Phi) is 3.13. The second-order valence-corrected chi connectivity index (χ2v) is 3.85. The topological polar surface area (TPSA) is 12.5 Å². The van der Waals surface area contributed by atoms with Gasteiger partial charge >= 0.3 is 6.36 Å². The van der Waals surface area contributed by atoms with Crippen molar-refractivity contribution in [3.05, 3.63) is 24.0 Å². The summed E-state index contributed by atoms with van der Waals surface area (Å²) in [5.41, 5.74) is 0.167. The van der Waals surface area contributed by atoms with Crippen molar-refractivity contribution in [1.82, 2.24) is 0 Å². The summed E-state index contributed by atoms with van der Waals surface area (Å²) in [5.74, 6) is -0.915. The minimum Gasteiger partial charge on any atom is -0.404 e. The second kappa shape index (κ2) is 4.43. The summed E-state index contributed by atoms with van der Waals surface area (Å²) in [6.45, 7) is 1.25. The van der Waals surface area contributed by atoms with Crippen molar-refractivity contribution in [3.63, 3.8) is 0 Å². The van der Waals surface area contributed by atoms with E-state index in [-0.39, 0.29) is 11.4 Å². The molecule has 2 nitrogen and oxygen atoms in total. The van der Waals surface area contributed by atoms with Crippen LogP contribution >= 0.6 is 0 Å². The molecule has 1 aromatic rings. The standard InChI is InChI=1S/C11H11F4NO/c12-8-3-4-10(17-11(13,14)15)9(7-8)16-5-1-2-6-16/h3-4,7H,1-2,5-6H2. The maximum absolute atomic E-state index is 13.1.